The summed E-state index contributed by atoms with van der Waals surface area (Å²) in [6, 6.07) is 8.29. The van der Waals surface area contributed by atoms with E-state index in [-0.39, 0.29) is 18.4 Å². The SMILES string of the molecule is COc1cc[nH]c1C=C1C(=O)Nc2cc(NC(=O)c3ccncc3)cc(C#CCO)c21. The first-order valence-electron chi connectivity index (χ1n) is 9.34. The van der Waals surface area contributed by atoms with Gasteiger partial charge in [0.25, 0.3) is 11.8 Å². The number of rotatable bonds is 4. The number of ether oxygens (including phenoxy) is 1. The third kappa shape index (κ3) is 4.03. The fraction of sp³-hybridized carbons (Fsp3) is 0.0870. The van der Waals surface area contributed by atoms with E-state index in [0.29, 0.717) is 45.1 Å². The van der Waals surface area contributed by atoms with Crippen molar-refractivity contribution in [3.05, 3.63) is 71.3 Å². The number of fused-ring (bicyclic) bond motifs is 1. The van der Waals surface area contributed by atoms with E-state index in [2.05, 4.69) is 32.4 Å². The maximum atomic E-state index is 12.7. The molecule has 0 radical (unpaired) electrons. The highest BCUT2D eigenvalue weighted by Gasteiger charge is 2.28. The number of methoxy groups -OCH3 is 1. The summed E-state index contributed by atoms with van der Waals surface area (Å²) < 4.78 is 5.30. The minimum absolute atomic E-state index is 0.309. The lowest BCUT2D eigenvalue weighted by molar-refractivity contribution is -0.110. The van der Waals surface area contributed by atoms with Crippen LogP contribution in [0.3, 0.4) is 0 Å². The molecule has 3 aromatic rings. The van der Waals surface area contributed by atoms with Gasteiger partial charge in [0.1, 0.15) is 12.4 Å². The number of nitrogens with zero attached hydrogens (tertiary/aromatic N) is 1. The molecule has 4 rings (SSSR count). The predicted octanol–water partition coefficient (Wildman–Crippen LogP) is 2.51. The van der Waals surface area contributed by atoms with Crippen LogP contribution in [-0.4, -0.2) is 40.6 Å². The van der Waals surface area contributed by atoms with Crippen LogP contribution in [0.4, 0.5) is 11.4 Å². The number of nitrogens with one attached hydrogen (secondary N) is 3. The number of hydrogen-bond acceptors (Lipinski definition) is 5. The fourth-order valence-electron chi connectivity index (χ4n) is 3.29. The molecule has 1 aliphatic rings. The van der Waals surface area contributed by atoms with E-state index in [0.717, 1.165) is 0 Å². The molecule has 0 saturated heterocycles. The molecule has 154 valence electrons. The molecular weight excluding hydrogens is 396 g/mol. The van der Waals surface area contributed by atoms with E-state index < -0.39 is 0 Å². The average molecular weight is 414 g/mol. The summed E-state index contributed by atoms with van der Waals surface area (Å²) in [6.45, 7) is -0.340. The molecule has 4 N–H and O–H groups in total. The Morgan fingerprint density at radius 1 is 1.29 bits per heavy atom. The zero-order valence-electron chi connectivity index (χ0n) is 16.5. The lowest BCUT2D eigenvalue weighted by Gasteiger charge is -2.10. The highest BCUT2D eigenvalue weighted by Crippen LogP contribution is 2.38. The third-order valence-electron chi connectivity index (χ3n) is 4.65. The van der Waals surface area contributed by atoms with Gasteiger partial charge in [-0.3, -0.25) is 14.6 Å². The van der Waals surface area contributed by atoms with Crippen LogP contribution in [0.1, 0.15) is 27.2 Å². The lowest BCUT2D eigenvalue weighted by Crippen LogP contribution is -2.12. The van der Waals surface area contributed by atoms with E-state index in [1.54, 1.807) is 49.7 Å². The van der Waals surface area contributed by atoms with Gasteiger partial charge in [0.15, 0.2) is 0 Å². The van der Waals surface area contributed by atoms with Crippen LogP contribution in [0, 0.1) is 11.8 Å². The highest BCUT2D eigenvalue weighted by molar-refractivity contribution is 6.35. The monoisotopic (exact) mass is 414 g/mol. The Balaban J connectivity index is 1.77. The van der Waals surface area contributed by atoms with Gasteiger partial charge in [-0.2, -0.15) is 0 Å². The Bertz CT molecular complexity index is 1250. The maximum Gasteiger partial charge on any atom is 0.256 e. The van der Waals surface area contributed by atoms with E-state index in [9.17, 15) is 9.59 Å². The number of aliphatic hydroxyl groups is 1. The van der Waals surface area contributed by atoms with Crippen molar-refractivity contribution in [2.75, 3.05) is 24.4 Å². The summed E-state index contributed by atoms with van der Waals surface area (Å²) in [7, 11) is 1.55. The Kier molecular flexibility index (Phi) is 5.51. The van der Waals surface area contributed by atoms with Crippen molar-refractivity contribution in [3.63, 3.8) is 0 Å². The molecule has 0 spiro atoms. The summed E-state index contributed by atoms with van der Waals surface area (Å²) in [4.78, 5) is 32.2. The van der Waals surface area contributed by atoms with Gasteiger partial charge in [0.05, 0.1) is 24.1 Å². The summed E-state index contributed by atoms with van der Waals surface area (Å²) in [6.07, 6.45) is 6.45. The zero-order chi connectivity index (χ0) is 21.8. The van der Waals surface area contributed by atoms with E-state index >= 15 is 0 Å². The van der Waals surface area contributed by atoms with Crippen molar-refractivity contribution in [2.24, 2.45) is 0 Å². The van der Waals surface area contributed by atoms with Gasteiger partial charge in [0, 0.05) is 41.0 Å². The number of benzene rings is 1. The fourth-order valence-corrected chi connectivity index (χ4v) is 3.29. The first-order valence-corrected chi connectivity index (χ1v) is 9.34. The maximum absolute atomic E-state index is 12.7. The number of aromatic nitrogens is 2. The number of aliphatic hydroxyl groups excluding tert-OH is 1. The molecule has 0 saturated carbocycles. The van der Waals surface area contributed by atoms with Crippen LogP contribution >= 0.6 is 0 Å². The summed E-state index contributed by atoms with van der Waals surface area (Å²) >= 11 is 0. The van der Waals surface area contributed by atoms with Crippen LogP contribution in [-0.2, 0) is 4.79 Å². The number of pyridine rings is 1. The summed E-state index contributed by atoms with van der Waals surface area (Å²) in [5.41, 5.74) is 3.53. The van der Waals surface area contributed by atoms with Crippen LogP contribution in [0.5, 0.6) is 5.75 Å². The molecule has 8 nitrogen and oxygen atoms in total. The normalized spacial score (nSPS) is 13.2. The topological polar surface area (TPSA) is 116 Å². The van der Waals surface area contributed by atoms with Crippen LogP contribution in [0.15, 0.2) is 48.9 Å². The van der Waals surface area contributed by atoms with Gasteiger partial charge in [-0.15, -0.1) is 0 Å². The largest absolute Gasteiger partial charge is 0.495 e. The van der Waals surface area contributed by atoms with Gasteiger partial charge in [-0.1, -0.05) is 11.8 Å². The molecule has 8 heteroatoms. The van der Waals surface area contributed by atoms with Gasteiger partial charge in [0.2, 0.25) is 0 Å². The molecule has 0 atom stereocenters. The van der Waals surface area contributed by atoms with Gasteiger partial charge in [-0.05, 0) is 36.4 Å². The quantitative estimate of drug-likeness (QED) is 0.387. The summed E-state index contributed by atoms with van der Waals surface area (Å²) in [5.74, 6) is 5.45. The number of anilines is 2. The molecule has 1 aromatic carbocycles. The van der Waals surface area contributed by atoms with Gasteiger partial charge < -0.3 is 25.5 Å². The molecule has 2 aromatic heterocycles. The Hall–Kier alpha value is -4.35. The molecule has 1 aliphatic heterocycles. The van der Waals surface area contributed by atoms with Gasteiger partial charge >= 0.3 is 0 Å². The number of aromatic amines is 1. The molecule has 3 heterocycles. The minimum Gasteiger partial charge on any atom is -0.495 e. The van der Waals surface area contributed by atoms with E-state index in [1.807, 2.05) is 0 Å². The minimum atomic E-state index is -0.340. The lowest BCUT2D eigenvalue weighted by atomic mass is 9.98. The molecule has 0 unspecified atom stereocenters. The Morgan fingerprint density at radius 3 is 2.84 bits per heavy atom. The smallest absolute Gasteiger partial charge is 0.256 e. The van der Waals surface area contributed by atoms with Crippen molar-refractivity contribution in [2.45, 2.75) is 0 Å². The number of carbonyl (C=O) groups is 2. The van der Waals surface area contributed by atoms with Crippen molar-refractivity contribution in [1.29, 1.82) is 0 Å². The molecule has 0 fully saturated rings. The van der Waals surface area contributed by atoms with Crippen molar-refractivity contribution < 1.29 is 19.4 Å². The standard InChI is InChI=1S/C23H18N4O4/c1-31-20-6-9-25-18(20)13-17-21-15(3-2-10-28)11-16(12-19(21)27-23(17)30)26-22(29)14-4-7-24-8-5-14/h4-9,11-13,25,28H,10H2,1H3,(H,26,29)(H,27,30). The number of H-pyrrole nitrogens is 1. The number of carbonyl (C=O) groups excluding carboxylic acids is 2. The Morgan fingerprint density at radius 2 is 2.10 bits per heavy atom. The van der Waals surface area contributed by atoms with Crippen molar-refractivity contribution in [1.82, 2.24) is 9.97 Å². The zero-order valence-corrected chi connectivity index (χ0v) is 16.5. The number of amides is 2. The van der Waals surface area contributed by atoms with Crippen LogP contribution in [0.2, 0.25) is 0 Å². The van der Waals surface area contributed by atoms with Crippen LogP contribution in [0.25, 0.3) is 11.6 Å². The molecule has 31 heavy (non-hydrogen) atoms. The third-order valence-corrected chi connectivity index (χ3v) is 4.65. The first kappa shape index (κ1) is 19.9. The second kappa shape index (κ2) is 8.57. The van der Waals surface area contributed by atoms with E-state index in [4.69, 9.17) is 9.84 Å². The molecular formula is C23H18N4O4. The second-order valence-corrected chi connectivity index (χ2v) is 6.57. The van der Waals surface area contributed by atoms with E-state index in [1.165, 1.54) is 12.4 Å². The highest BCUT2D eigenvalue weighted by atomic mass is 16.5. The summed E-state index contributed by atoms with van der Waals surface area (Å²) in [5, 5.41) is 14.8. The van der Waals surface area contributed by atoms with Crippen molar-refractivity contribution >= 4 is 34.8 Å². The van der Waals surface area contributed by atoms with Crippen molar-refractivity contribution in [3.8, 4) is 17.6 Å². The van der Waals surface area contributed by atoms with Crippen LogP contribution < -0.4 is 15.4 Å². The number of hydrogen-bond donors (Lipinski definition) is 4. The Labute approximate surface area is 178 Å². The first-order chi connectivity index (χ1) is 15.1. The molecule has 2 amide bonds. The van der Waals surface area contributed by atoms with Gasteiger partial charge in [-0.25, -0.2) is 0 Å². The molecule has 0 aliphatic carbocycles. The predicted molar refractivity (Wildman–Crippen MR) is 116 cm³/mol. The second-order valence-electron chi connectivity index (χ2n) is 6.57. The average Bonchev–Trinajstić information content (AvgIpc) is 3.36. The molecule has 0 bridgehead atoms.